The van der Waals surface area contributed by atoms with Crippen LogP contribution in [0.15, 0.2) is 73.1 Å². The van der Waals surface area contributed by atoms with E-state index in [1.807, 2.05) is 12.4 Å². The highest BCUT2D eigenvalue weighted by atomic mass is 15.2. The Hall–Kier alpha value is -2.78. The molecule has 3 heteroatoms. The van der Waals surface area contributed by atoms with Crippen LogP contribution in [0.4, 0.5) is 0 Å². The molecular formula is C28H31N3. The summed E-state index contributed by atoms with van der Waals surface area (Å²) in [6.07, 6.45) is 12.6. The highest BCUT2D eigenvalue weighted by molar-refractivity contribution is 5.82. The molecule has 0 N–H and O–H groups in total. The quantitative estimate of drug-likeness (QED) is 0.379. The molecule has 0 amide bonds. The van der Waals surface area contributed by atoms with E-state index in [0.29, 0.717) is 12.1 Å². The first-order chi connectivity index (χ1) is 15.3. The minimum atomic E-state index is 0.667. The second-order valence-corrected chi connectivity index (χ2v) is 8.96. The van der Waals surface area contributed by atoms with Crippen LogP contribution in [0.3, 0.4) is 0 Å². The smallest absolute Gasteiger partial charge is 0.0704 e. The number of piperidine rings is 1. The van der Waals surface area contributed by atoms with Crippen LogP contribution in [-0.2, 0) is 12.8 Å². The predicted octanol–water partition coefficient (Wildman–Crippen LogP) is 6.20. The number of likely N-dealkylation sites (tertiary alicyclic amines) is 1. The maximum absolute atomic E-state index is 4.52. The van der Waals surface area contributed by atoms with Crippen LogP contribution in [0.5, 0.6) is 0 Å². The van der Waals surface area contributed by atoms with Crippen molar-refractivity contribution < 1.29 is 0 Å². The van der Waals surface area contributed by atoms with Gasteiger partial charge in [0.25, 0.3) is 0 Å². The molecule has 0 unspecified atom stereocenters. The van der Waals surface area contributed by atoms with Gasteiger partial charge in [0.15, 0.2) is 0 Å². The molecule has 1 fully saturated rings. The molecule has 0 spiro atoms. The van der Waals surface area contributed by atoms with Gasteiger partial charge in [-0.2, -0.15) is 0 Å². The SMILES string of the molecule is CN1[C@@H](CCc2ccnc3ccccc23)CCC[C@H]1CCc1ccnc2ccccc12. The zero-order valence-electron chi connectivity index (χ0n) is 18.4. The first kappa shape index (κ1) is 20.1. The molecule has 4 aromatic rings. The molecule has 1 aliphatic heterocycles. The van der Waals surface area contributed by atoms with Crippen LogP contribution < -0.4 is 0 Å². The Balaban J connectivity index is 1.24. The molecule has 0 saturated carbocycles. The summed E-state index contributed by atoms with van der Waals surface area (Å²) in [5.74, 6) is 0. The van der Waals surface area contributed by atoms with Crippen molar-refractivity contribution >= 4 is 21.8 Å². The van der Waals surface area contributed by atoms with Crippen molar-refractivity contribution in [1.29, 1.82) is 0 Å². The van der Waals surface area contributed by atoms with E-state index in [0.717, 1.165) is 23.9 Å². The van der Waals surface area contributed by atoms with Gasteiger partial charge in [0.2, 0.25) is 0 Å². The third kappa shape index (κ3) is 4.33. The first-order valence-electron chi connectivity index (χ1n) is 11.7. The van der Waals surface area contributed by atoms with Crippen LogP contribution >= 0.6 is 0 Å². The van der Waals surface area contributed by atoms with Gasteiger partial charge in [0.05, 0.1) is 11.0 Å². The minimum Gasteiger partial charge on any atom is -0.300 e. The van der Waals surface area contributed by atoms with Crippen LogP contribution in [0, 0.1) is 0 Å². The zero-order chi connectivity index (χ0) is 21.0. The number of fused-ring (bicyclic) bond motifs is 2. The third-order valence-electron chi connectivity index (χ3n) is 7.20. The molecule has 2 atom stereocenters. The fourth-order valence-electron chi connectivity index (χ4n) is 5.38. The van der Waals surface area contributed by atoms with Crippen molar-refractivity contribution in [3.05, 3.63) is 84.2 Å². The maximum atomic E-state index is 4.52. The van der Waals surface area contributed by atoms with E-state index in [-0.39, 0.29) is 0 Å². The lowest BCUT2D eigenvalue weighted by Crippen LogP contribution is -2.44. The van der Waals surface area contributed by atoms with E-state index in [9.17, 15) is 0 Å². The largest absolute Gasteiger partial charge is 0.300 e. The Kier molecular flexibility index (Phi) is 5.95. The molecular weight excluding hydrogens is 378 g/mol. The van der Waals surface area contributed by atoms with Crippen molar-refractivity contribution in [3.8, 4) is 0 Å². The highest BCUT2D eigenvalue weighted by Crippen LogP contribution is 2.29. The number of hydrogen-bond donors (Lipinski definition) is 0. The molecule has 2 aromatic carbocycles. The number of hydrogen-bond acceptors (Lipinski definition) is 3. The van der Waals surface area contributed by atoms with Gasteiger partial charge in [-0.05, 0) is 81.0 Å². The molecule has 5 rings (SSSR count). The number of rotatable bonds is 6. The Morgan fingerprint density at radius 3 is 1.71 bits per heavy atom. The summed E-state index contributed by atoms with van der Waals surface area (Å²) in [6.45, 7) is 0. The average molecular weight is 410 g/mol. The molecule has 3 heterocycles. The summed E-state index contributed by atoms with van der Waals surface area (Å²) >= 11 is 0. The van der Waals surface area contributed by atoms with Crippen molar-refractivity contribution in [3.63, 3.8) is 0 Å². The van der Waals surface area contributed by atoms with E-state index < -0.39 is 0 Å². The number of benzene rings is 2. The van der Waals surface area contributed by atoms with E-state index in [1.54, 1.807) is 0 Å². The summed E-state index contributed by atoms with van der Waals surface area (Å²) in [5, 5.41) is 2.62. The molecule has 158 valence electrons. The lowest BCUT2D eigenvalue weighted by atomic mass is 9.89. The van der Waals surface area contributed by atoms with Gasteiger partial charge in [-0.15, -0.1) is 0 Å². The van der Waals surface area contributed by atoms with Crippen LogP contribution in [0.1, 0.15) is 43.2 Å². The van der Waals surface area contributed by atoms with Gasteiger partial charge in [-0.1, -0.05) is 42.8 Å². The first-order valence-corrected chi connectivity index (χ1v) is 11.7. The zero-order valence-corrected chi connectivity index (χ0v) is 18.4. The molecule has 0 aliphatic carbocycles. The molecule has 3 nitrogen and oxygen atoms in total. The Bertz CT molecular complexity index is 1070. The minimum absolute atomic E-state index is 0.667. The summed E-state index contributed by atoms with van der Waals surface area (Å²) in [5.41, 5.74) is 5.09. The molecule has 1 saturated heterocycles. The van der Waals surface area contributed by atoms with Gasteiger partial charge < -0.3 is 4.90 Å². The lowest BCUT2D eigenvalue weighted by Gasteiger charge is -2.40. The number of nitrogens with zero attached hydrogens (tertiary/aromatic N) is 3. The maximum Gasteiger partial charge on any atom is 0.0704 e. The lowest BCUT2D eigenvalue weighted by molar-refractivity contribution is 0.103. The molecule has 31 heavy (non-hydrogen) atoms. The normalized spacial score (nSPS) is 19.8. The number of aryl methyl sites for hydroxylation is 2. The van der Waals surface area contributed by atoms with Crippen molar-refractivity contribution in [2.45, 2.75) is 57.0 Å². The third-order valence-corrected chi connectivity index (χ3v) is 7.20. The summed E-state index contributed by atoms with van der Waals surface area (Å²) in [6, 6.07) is 22.8. The van der Waals surface area contributed by atoms with Gasteiger partial charge >= 0.3 is 0 Å². The summed E-state index contributed by atoms with van der Waals surface area (Å²) in [7, 11) is 2.35. The summed E-state index contributed by atoms with van der Waals surface area (Å²) < 4.78 is 0. The number of pyridine rings is 2. The Morgan fingerprint density at radius 2 is 1.19 bits per heavy atom. The van der Waals surface area contributed by atoms with Crippen molar-refractivity contribution in [2.75, 3.05) is 7.05 Å². The van der Waals surface area contributed by atoms with Crippen LogP contribution in [0.2, 0.25) is 0 Å². The Morgan fingerprint density at radius 1 is 0.710 bits per heavy atom. The second kappa shape index (κ2) is 9.15. The van der Waals surface area contributed by atoms with Gasteiger partial charge in [-0.25, -0.2) is 0 Å². The number of para-hydroxylation sites is 2. The fraction of sp³-hybridized carbons (Fsp3) is 0.357. The number of aromatic nitrogens is 2. The topological polar surface area (TPSA) is 29.0 Å². The summed E-state index contributed by atoms with van der Waals surface area (Å²) in [4.78, 5) is 11.7. The van der Waals surface area contributed by atoms with Gasteiger partial charge in [0, 0.05) is 35.2 Å². The second-order valence-electron chi connectivity index (χ2n) is 8.96. The Labute approximate surface area is 185 Å². The van der Waals surface area contributed by atoms with Crippen molar-refractivity contribution in [2.24, 2.45) is 0 Å². The van der Waals surface area contributed by atoms with Crippen molar-refractivity contribution in [1.82, 2.24) is 14.9 Å². The average Bonchev–Trinajstić information content (AvgIpc) is 2.82. The molecule has 0 radical (unpaired) electrons. The van der Waals surface area contributed by atoms with E-state index >= 15 is 0 Å². The van der Waals surface area contributed by atoms with E-state index in [1.165, 1.54) is 54.0 Å². The standard InChI is InChI=1S/C28H31N3/c1-31-23(15-13-21-17-19-29-27-11-4-2-9-25(21)27)7-6-8-24(31)16-14-22-18-20-30-28-12-5-3-10-26(22)28/h2-5,9-12,17-20,23-24H,6-8,13-16H2,1H3/t23-,24+. The predicted molar refractivity (Wildman–Crippen MR) is 129 cm³/mol. The van der Waals surface area contributed by atoms with Gasteiger partial charge in [0.1, 0.15) is 0 Å². The monoisotopic (exact) mass is 409 g/mol. The van der Waals surface area contributed by atoms with Gasteiger partial charge in [-0.3, -0.25) is 9.97 Å². The van der Waals surface area contributed by atoms with Crippen LogP contribution in [-0.4, -0.2) is 34.0 Å². The van der Waals surface area contributed by atoms with Crippen LogP contribution in [0.25, 0.3) is 21.8 Å². The van der Waals surface area contributed by atoms with E-state index in [2.05, 4.69) is 82.6 Å². The highest BCUT2D eigenvalue weighted by Gasteiger charge is 2.27. The van der Waals surface area contributed by atoms with E-state index in [4.69, 9.17) is 0 Å². The fourth-order valence-corrected chi connectivity index (χ4v) is 5.38. The molecule has 0 bridgehead atoms. The molecule has 2 aromatic heterocycles. The molecule has 1 aliphatic rings.